The van der Waals surface area contributed by atoms with Gasteiger partial charge < -0.3 is 14.2 Å². The van der Waals surface area contributed by atoms with Crippen molar-refractivity contribution >= 4 is 17.9 Å². The second-order valence-electron chi connectivity index (χ2n) is 18.5. The van der Waals surface area contributed by atoms with Crippen LogP contribution in [-0.4, -0.2) is 37.2 Å². The first-order valence-electron chi connectivity index (χ1n) is 28.4. The Hall–Kier alpha value is -3.93. The highest BCUT2D eigenvalue weighted by Gasteiger charge is 2.19. The molecule has 1 atom stereocenters. The van der Waals surface area contributed by atoms with E-state index in [1.807, 2.05) is 0 Å². The molecule has 0 aliphatic heterocycles. The molecule has 0 aromatic heterocycles. The summed E-state index contributed by atoms with van der Waals surface area (Å²) in [5.74, 6) is -1.02. The number of rotatable bonds is 50. The van der Waals surface area contributed by atoms with Gasteiger partial charge in [-0.1, -0.05) is 233 Å². The Kier molecular flexibility index (Phi) is 53.4. The molecule has 6 heteroatoms. The molecule has 0 aromatic rings. The van der Waals surface area contributed by atoms with Crippen LogP contribution in [0, 0.1) is 0 Å². The molecule has 0 saturated carbocycles. The molecule has 0 bridgehead atoms. The first kappa shape index (κ1) is 65.1. The van der Waals surface area contributed by atoms with E-state index in [0.717, 1.165) is 109 Å². The van der Waals surface area contributed by atoms with Gasteiger partial charge in [-0.25, -0.2) is 0 Å². The number of hydrogen-bond donors (Lipinski definition) is 0. The summed E-state index contributed by atoms with van der Waals surface area (Å²) < 4.78 is 16.8. The van der Waals surface area contributed by atoms with E-state index in [1.54, 1.807) is 0 Å². The Labute approximate surface area is 425 Å². The van der Waals surface area contributed by atoms with Crippen LogP contribution in [0.15, 0.2) is 109 Å². The van der Waals surface area contributed by atoms with Crippen molar-refractivity contribution in [3.05, 3.63) is 109 Å². The lowest BCUT2D eigenvalue weighted by Crippen LogP contribution is -2.30. The molecule has 1 unspecified atom stereocenters. The summed E-state index contributed by atoms with van der Waals surface area (Å²) in [5.41, 5.74) is 0. The van der Waals surface area contributed by atoms with Gasteiger partial charge in [0.25, 0.3) is 0 Å². The topological polar surface area (TPSA) is 78.9 Å². The smallest absolute Gasteiger partial charge is 0.306 e. The minimum Gasteiger partial charge on any atom is -0.462 e. The summed E-state index contributed by atoms with van der Waals surface area (Å²) >= 11 is 0. The second kappa shape index (κ2) is 56.7. The van der Waals surface area contributed by atoms with E-state index in [-0.39, 0.29) is 37.5 Å². The molecule has 0 heterocycles. The van der Waals surface area contributed by atoms with Crippen LogP contribution in [-0.2, 0) is 28.6 Å². The third-order valence-electron chi connectivity index (χ3n) is 11.8. The van der Waals surface area contributed by atoms with Crippen molar-refractivity contribution in [2.75, 3.05) is 13.2 Å². The lowest BCUT2D eigenvalue weighted by molar-refractivity contribution is -0.167. The number of allylic oxidation sites excluding steroid dienone is 18. The average Bonchev–Trinajstić information content (AvgIpc) is 3.35. The Morgan fingerprint density at radius 1 is 0.319 bits per heavy atom. The van der Waals surface area contributed by atoms with Gasteiger partial charge in [0, 0.05) is 19.3 Å². The van der Waals surface area contributed by atoms with Crippen LogP contribution in [0.2, 0.25) is 0 Å². The maximum absolute atomic E-state index is 12.8. The second-order valence-corrected chi connectivity index (χ2v) is 18.5. The van der Waals surface area contributed by atoms with Gasteiger partial charge in [-0.15, -0.1) is 0 Å². The normalized spacial score (nSPS) is 12.9. The maximum Gasteiger partial charge on any atom is 0.306 e. The minimum absolute atomic E-state index is 0.119. The molecule has 0 N–H and O–H groups in total. The molecule has 0 amide bonds. The quantitative estimate of drug-likeness (QED) is 0.0199. The molecule has 0 radical (unpaired) electrons. The van der Waals surface area contributed by atoms with E-state index in [9.17, 15) is 14.4 Å². The molecule has 0 spiro atoms. The summed E-state index contributed by atoms with van der Waals surface area (Å²) in [6.07, 6.45) is 76.5. The fourth-order valence-corrected chi connectivity index (χ4v) is 7.52. The van der Waals surface area contributed by atoms with Gasteiger partial charge in [-0.3, -0.25) is 14.4 Å². The third kappa shape index (κ3) is 54.9. The predicted octanol–water partition coefficient (Wildman–Crippen LogP) is 19.1. The van der Waals surface area contributed by atoms with Gasteiger partial charge in [-0.2, -0.15) is 0 Å². The van der Waals surface area contributed by atoms with Crippen LogP contribution in [0.3, 0.4) is 0 Å². The van der Waals surface area contributed by atoms with Crippen LogP contribution >= 0.6 is 0 Å². The number of unbranched alkanes of at least 4 members (excludes halogenated alkanes) is 23. The Morgan fingerprint density at radius 3 is 1.01 bits per heavy atom. The standard InChI is InChI=1S/C63H104O6/c1-4-7-10-13-16-19-22-25-28-31-33-35-38-41-44-47-50-53-56-62(65)68-59-60(58-67-61(64)55-52-49-46-43-40-37-34-30-27-24-21-18-15-12-9-6-3)69-63(66)57-54-51-48-45-42-39-36-32-29-26-23-20-17-14-11-8-5-2/h8,11,17,20,26,28-31,33-37,39-40,45,48,60H,4-7,9-10,12-16,18-19,21-25,27,32,38,41-44,46-47,49-59H2,1-3H3/b11-8-,20-17-,29-26-,31-28-,34-30-,35-33-,39-36-,40-37-,48-45-. The highest BCUT2D eigenvalue weighted by molar-refractivity contribution is 5.71. The first-order valence-corrected chi connectivity index (χ1v) is 28.4. The molecule has 0 aliphatic rings. The summed E-state index contributed by atoms with van der Waals surface area (Å²) in [7, 11) is 0. The van der Waals surface area contributed by atoms with Crippen LogP contribution in [0.4, 0.5) is 0 Å². The van der Waals surface area contributed by atoms with Crippen LogP contribution in [0.1, 0.15) is 252 Å². The molecular weight excluding hydrogens is 853 g/mol. The Balaban J connectivity index is 4.55. The summed E-state index contributed by atoms with van der Waals surface area (Å²) in [5, 5.41) is 0. The van der Waals surface area contributed by atoms with Crippen molar-refractivity contribution < 1.29 is 28.6 Å². The summed E-state index contributed by atoms with van der Waals surface area (Å²) in [6, 6.07) is 0. The van der Waals surface area contributed by atoms with Crippen molar-refractivity contribution in [3.8, 4) is 0 Å². The lowest BCUT2D eigenvalue weighted by Gasteiger charge is -2.18. The van der Waals surface area contributed by atoms with E-state index in [4.69, 9.17) is 14.2 Å². The average molecular weight is 958 g/mol. The van der Waals surface area contributed by atoms with Crippen LogP contribution in [0.5, 0.6) is 0 Å². The molecule has 69 heavy (non-hydrogen) atoms. The zero-order valence-corrected chi connectivity index (χ0v) is 44.8. The highest BCUT2D eigenvalue weighted by atomic mass is 16.6. The van der Waals surface area contributed by atoms with Gasteiger partial charge in [0.15, 0.2) is 6.10 Å². The molecule has 0 aliphatic carbocycles. The summed E-state index contributed by atoms with van der Waals surface area (Å²) in [4.78, 5) is 38.1. The number of carbonyl (C=O) groups excluding carboxylic acids is 3. The molecule has 6 nitrogen and oxygen atoms in total. The zero-order valence-electron chi connectivity index (χ0n) is 44.8. The first-order chi connectivity index (χ1) is 34.0. The lowest BCUT2D eigenvalue weighted by atomic mass is 10.1. The molecule has 392 valence electrons. The Bertz CT molecular complexity index is 1420. The largest absolute Gasteiger partial charge is 0.462 e. The van der Waals surface area contributed by atoms with Crippen molar-refractivity contribution in [2.45, 2.75) is 258 Å². The monoisotopic (exact) mass is 957 g/mol. The molecule has 0 fully saturated rings. The number of hydrogen-bond acceptors (Lipinski definition) is 6. The van der Waals surface area contributed by atoms with Gasteiger partial charge in [0.1, 0.15) is 13.2 Å². The van der Waals surface area contributed by atoms with Gasteiger partial charge in [0.05, 0.1) is 0 Å². The fourth-order valence-electron chi connectivity index (χ4n) is 7.52. The fraction of sp³-hybridized carbons (Fsp3) is 0.667. The van der Waals surface area contributed by atoms with Crippen molar-refractivity contribution in [1.82, 2.24) is 0 Å². The summed E-state index contributed by atoms with van der Waals surface area (Å²) in [6.45, 7) is 6.43. The van der Waals surface area contributed by atoms with Gasteiger partial charge in [0.2, 0.25) is 0 Å². The van der Waals surface area contributed by atoms with E-state index >= 15 is 0 Å². The minimum atomic E-state index is -0.827. The Morgan fingerprint density at radius 2 is 0.623 bits per heavy atom. The van der Waals surface area contributed by atoms with Crippen LogP contribution in [0.25, 0.3) is 0 Å². The molecular formula is C63H104O6. The highest BCUT2D eigenvalue weighted by Crippen LogP contribution is 2.13. The zero-order chi connectivity index (χ0) is 50.0. The molecule has 0 rings (SSSR count). The van der Waals surface area contributed by atoms with E-state index in [2.05, 4.69) is 130 Å². The maximum atomic E-state index is 12.8. The number of esters is 3. The van der Waals surface area contributed by atoms with E-state index in [0.29, 0.717) is 19.3 Å². The van der Waals surface area contributed by atoms with Crippen LogP contribution < -0.4 is 0 Å². The third-order valence-corrected chi connectivity index (χ3v) is 11.8. The SMILES string of the molecule is CC/C=C\C/C=C\C/C=C\C/C=C\C/C=C\CCCC(=O)OC(COC(=O)CCCCC/C=C\C=C/CCCCCCCCC)COC(=O)CCCCCCC/C=C\C=C/CCCCCCCCC. The van der Waals surface area contributed by atoms with Crippen molar-refractivity contribution in [1.29, 1.82) is 0 Å². The van der Waals surface area contributed by atoms with E-state index in [1.165, 1.54) is 96.3 Å². The molecule has 0 saturated heterocycles. The number of ether oxygens (including phenoxy) is 3. The van der Waals surface area contributed by atoms with Crippen molar-refractivity contribution in [2.24, 2.45) is 0 Å². The van der Waals surface area contributed by atoms with Gasteiger partial charge in [-0.05, 0) is 109 Å². The predicted molar refractivity (Wildman–Crippen MR) is 297 cm³/mol. The van der Waals surface area contributed by atoms with E-state index < -0.39 is 6.10 Å². The molecule has 0 aromatic carbocycles. The van der Waals surface area contributed by atoms with Gasteiger partial charge >= 0.3 is 17.9 Å². The number of carbonyl (C=O) groups is 3. The van der Waals surface area contributed by atoms with Crippen molar-refractivity contribution in [3.63, 3.8) is 0 Å².